The summed E-state index contributed by atoms with van der Waals surface area (Å²) in [6, 6.07) is 39.1. The number of likely N-dealkylation sites (N-methyl/N-ethyl adjacent to an activating group) is 3. The Morgan fingerprint density at radius 1 is 0.656 bits per heavy atom. The Morgan fingerprint density at radius 2 is 1.29 bits per heavy atom. The molecular weight excluding hydrogens is 1250 g/mol. The first-order valence-corrected chi connectivity index (χ1v) is 32.8. The number of anilines is 2. The van der Waals surface area contributed by atoms with Gasteiger partial charge in [-0.15, -0.1) is 0 Å². The number of unbranched alkanes of at least 4 members (excludes halogenated alkanes) is 2. The molecule has 16 nitrogen and oxygen atoms in total. The molecule has 512 valence electrons. The lowest BCUT2D eigenvalue weighted by molar-refractivity contribution is -0.143. The minimum atomic E-state index is -5.15. The smallest absolute Gasteiger partial charge is 0.416 e. The van der Waals surface area contributed by atoms with Gasteiger partial charge in [0.1, 0.15) is 30.9 Å². The number of carbonyl (C=O) groups excluding carboxylic acids is 5. The van der Waals surface area contributed by atoms with Crippen LogP contribution in [-0.2, 0) is 53.6 Å². The summed E-state index contributed by atoms with van der Waals surface area (Å²) in [5.41, 5.74) is 1.07. The number of nitrogens with zero attached hydrogens (tertiary/aromatic N) is 6. The third-order valence-electron chi connectivity index (χ3n) is 19.3. The van der Waals surface area contributed by atoms with Crippen molar-refractivity contribution in [2.45, 2.75) is 99.8 Å². The van der Waals surface area contributed by atoms with Gasteiger partial charge in [-0.25, -0.2) is 9.18 Å². The zero-order valence-corrected chi connectivity index (χ0v) is 54.4. The number of para-hydroxylation sites is 1. The van der Waals surface area contributed by atoms with E-state index in [1.165, 1.54) is 24.3 Å². The molecule has 3 saturated heterocycles. The molecule has 0 radical (unpaired) electrons. The lowest BCUT2D eigenvalue weighted by atomic mass is 9.72. The second kappa shape index (κ2) is 31.2. The van der Waals surface area contributed by atoms with Crippen LogP contribution in [0.1, 0.15) is 106 Å². The summed E-state index contributed by atoms with van der Waals surface area (Å²) >= 11 is 0. The maximum absolute atomic E-state index is 14.2. The number of hydrogen-bond acceptors (Lipinski definition) is 11. The van der Waals surface area contributed by atoms with Crippen LogP contribution in [0.15, 0.2) is 146 Å². The number of amides is 5. The first-order valence-electron chi connectivity index (χ1n) is 32.8. The SMILES string of the molecule is CN(CCN1CCC(OC(=O)Nc2ccccc2-c2ccccc2)CC1)C(=O)CCCCCNc1ccc(C(=O)N(C)CCN(C)C(=O)COC2Cc3ccccc3C23CCN(CCC2(c4ccc(F)cc4)CN(C(=O)c4cc(C(F)(F)F)cc(C(F)(F)F)c4)CO2)CC3)cc1. The summed E-state index contributed by atoms with van der Waals surface area (Å²) in [6.45, 7) is 4.96. The van der Waals surface area contributed by atoms with Crippen LogP contribution in [0, 0.1) is 5.82 Å². The molecule has 3 fully saturated rings. The van der Waals surface area contributed by atoms with Crippen LogP contribution in [0.25, 0.3) is 11.1 Å². The molecule has 0 saturated carbocycles. The fourth-order valence-electron chi connectivity index (χ4n) is 13.5. The van der Waals surface area contributed by atoms with Gasteiger partial charge < -0.3 is 48.9 Å². The summed E-state index contributed by atoms with van der Waals surface area (Å²) in [4.78, 5) is 77.3. The minimum absolute atomic E-state index is 0.0302. The van der Waals surface area contributed by atoms with Gasteiger partial charge in [0.25, 0.3) is 11.8 Å². The Kier molecular flexibility index (Phi) is 22.9. The molecule has 4 aliphatic rings. The van der Waals surface area contributed by atoms with Gasteiger partial charge in [0, 0.05) is 108 Å². The van der Waals surface area contributed by atoms with E-state index in [-0.39, 0.29) is 68.7 Å². The predicted molar refractivity (Wildman–Crippen MR) is 350 cm³/mol. The van der Waals surface area contributed by atoms with Crippen molar-refractivity contribution in [3.63, 3.8) is 0 Å². The molecule has 10 rings (SSSR count). The van der Waals surface area contributed by atoms with E-state index in [1.54, 1.807) is 40.9 Å². The molecule has 23 heteroatoms. The highest BCUT2D eigenvalue weighted by Crippen LogP contribution is 2.48. The van der Waals surface area contributed by atoms with Crippen LogP contribution >= 0.6 is 0 Å². The molecule has 2 unspecified atom stereocenters. The number of ether oxygens (including phenoxy) is 3. The number of hydrogen-bond donors (Lipinski definition) is 2. The van der Waals surface area contributed by atoms with Gasteiger partial charge in [-0.2, -0.15) is 26.3 Å². The first-order chi connectivity index (χ1) is 46.0. The summed E-state index contributed by atoms with van der Waals surface area (Å²) < 4.78 is 116. The Morgan fingerprint density at radius 3 is 1.99 bits per heavy atom. The standard InChI is InChI=1S/C73H83F7N8O8/c1-83(42-43-86-35-29-60(30-36-86)96-69(93)82-63-19-12-10-17-61(63)51-14-6-4-7-15-51)65(89)20-8-5-13-34-81-59-27-21-52(22-28-59)67(91)85(3)41-40-84(2)66(90)48-94-64-46-53-16-9-11-18-62(53)70(64)31-37-87(38-32-70)39-33-71(55-23-25-58(74)26-24-55)49-88(50-95-71)68(92)54-44-56(72(75,76)77)47-57(45-54)73(78,79)80/h4,6-7,9-12,14-19,21-28,44-45,47,60,64,81H,5,8,13,20,29-43,46,48-50H2,1-3H3,(H,82,93). The minimum Gasteiger partial charge on any atom is -0.446 e. The quantitative estimate of drug-likeness (QED) is 0.0415. The number of benzene rings is 6. The van der Waals surface area contributed by atoms with E-state index in [2.05, 4.69) is 32.6 Å². The van der Waals surface area contributed by atoms with Crippen molar-refractivity contribution in [1.82, 2.24) is 29.4 Å². The van der Waals surface area contributed by atoms with Crippen molar-refractivity contribution in [3.8, 4) is 11.1 Å². The van der Waals surface area contributed by atoms with Crippen LogP contribution in [0.3, 0.4) is 0 Å². The Balaban J connectivity index is 0.613. The number of nitrogens with one attached hydrogen (secondary N) is 2. The van der Waals surface area contributed by atoms with Crippen LogP contribution in [0.2, 0.25) is 0 Å². The van der Waals surface area contributed by atoms with E-state index >= 15 is 0 Å². The highest BCUT2D eigenvalue weighted by Gasteiger charge is 2.50. The largest absolute Gasteiger partial charge is 0.446 e. The molecule has 3 aliphatic heterocycles. The molecule has 2 N–H and O–H groups in total. The summed E-state index contributed by atoms with van der Waals surface area (Å²) in [6.07, 6.45) is -4.67. The van der Waals surface area contributed by atoms with Crippen LogP contribution < -0.4 is 10.6 Å². The third-order valence-corrected chi connectivity index (χ3v) is 19.3. The molecule has 3 heterocycles. The van der Waals surface area contributed by atoms with Crippen molar-refractivity contribution < 1.29 is 68.9 Å². The number of piperidine rings is 2. The van der Waals surface area contributed by atoms with Crippen molar-refractivity contribution in [3.05, 3.63) is 190 Å². The molecule has 1 aliphatic carbocycles. The van der Waals surface area contributed by atoms with Crippen LogP contribution in [-0.4, -0.2) is 178 Å². The number of rotatable bonds is 25. The number of alkyl halides is 6. The number of likely N-dealkylation sites (tertiary alicyclic amines) is 2. The highest BCUT2D eigenvalue weighted by atomic mass is 19.4. The Bertz CT molecular complexity index is 3610. The maximum Gasteiger partial charge on any atom is 0.416 e. The van der Waals surface area contributed by atoms with Crippen molar-refractivity contribution >= 4 is 41.1 Å². The average molecular weight is 1330 g/mol. The van der Waals surface area contributed by atoms with Crippen LogP contribution in [0.5, 0.6) is 0 Å². The molecular formula is C73H83F7N8O8. The topological polar surface area (TPSA) is 157 Å². The third kappa shape index (κ3) is 17.6. The van der Waals surface area contributed by atoms with E-state index < -0.39 is 64.6 Å². The second-order valence-electron chi connectivity index (χ2n) is 25.6. The molecule has 96 heavy (non-hydrogen) atoms. The van der Waals surface area contributed by atoms with Gasteiger partial charge >= 0.3 is 18.4 Å². The van der Waals surface area contributed by atoms with E-state index in [4.69, 9.17) is 14.2 Å². The molecule has 5 amide bonds. The summed E-state index contributed by atoms with van der Waals surface area (Å²) in [7, 11) is 5.22. The molecule has 2 atom stereocenters. The van der Waals surface area contributed by atoms with Crippen molar-refractivity contribution in [1.29, 1.82) is 0 Å². The van der Waals surface area contributed by atoms with Gasteiger partial charge in [0.05, 0.1) is 29.5 Å². The Labute approximate surface area is 555 Å². The van der Waals surface area contributed by atoms with Gasteiger partial charge in [0.2, 0.25) is 11.8 Å². The lowest BCUT2D eigenvalue weighted by Crippen LogP contribution is -2.50. The molecule has 6 aromatic rings. The monoisotopic (exact) mass is 1330 g/mol. The van der Waals surface area contributed by atoms with Gasteiger partial charge in [-0.1, -0.05) is 91.3 Å². The number of carbonyl (C=O) groups is 5. The molecule has 1 spiro atoms. The molecule has 0 bridgehead atoms. The van der Waals surface area contributed by atoms with E-state index in [0.717, 1.165) is 84.6 Å². The van der Waals surface area contributed by atoms with Crippen molar-refractivity contribution in [2.24, 2.45) is 0 Å². The number of halogens is 7. The fraction of sp³-hybridized carbons (Fsp3) is 0.438. The zero-order chi connectivity index (χ0) is 68.2. The van der Waals surface area contributed by atoms with Crippen molar-refractivity contribution in [2.75, 3.05) is 117 Å². The van der Waals surface area contributed by atoms with E-state index in [9.17, 15) is 54.7 Å². The molecule has 0 aromatic heterocycles. The van der Waals surface area contributed by atoms with Gasteiger partial charge in [-0.3, -0.25) is 24.5 Å². The predicted octanol–water partition coefficient (Wildman–Crippen LogP) is 12.6. The fourth-order valence-corrected chi connectivity index (χ4v) is 13.5. The summed E-state index contributed by atoms with van der Waals surface area (Å²) in [5.74, 6) is -1.93. The molecule has 6 aromatic carbocycles. The lowest BCUT2D eigenvalue weighted by Gasteiger charge is -2.44. The van der Waals surface area contributed by atoms with Crippen LogP contribution in [0.4, 0.5) is 46.9 Å². The van der Waals surface area contributed by atoms with Gasteiger partial charge in [-0.05, 0) is 147 Å². The van der Waals surface area contributed by atoms with Gasteiger partial charge in [0.15, 0.2) is 0 Å². The number of fused-ring (bicyclic) bond motifs is 2. The highest BCUT2D eigenvalue weighted by molar-refractivity contribution is 5.95. The average Bonchev–Trinajstić information content (AvgIpc) is 1.58. The summed E-state index contributed by atoms with van der Waals surface area (Å²) in [5, 5.41) is 6.34. The second-order valence-corrected chi connectivity index (χ2v) is 25.6. The van der Waals surface area contributed by atoms with E-state index in [1.807, 2.05) is 85.9 Å². The maximum atomic E-state index is 14.2. The Hall–Kier alpha value is -8.38. The first kappa shape index (κ1) is 70.4. The normalized spacial score (nSPS) is 18.2. The van der Waals surface area contributed by atoms with E-state index in [0.29, 0.717) is 87.4 Å². The zero-order valence-electron chi connectivity index (χ0n) is 54.4.